The maximum atomic E-state index is 12.3. The number of alkyl halides is 3. The number of likely N-dealkylation sites (tertiary alicyclic amines) is 2. The lowest BCUT2D eigenvalue weighted by Crippen LogP contribution is -2.48. The first-order chi connectivity index (χ1) is 15.0. The van der Waals surface area contributed by atoms with Gasteiger partial charge < -0.3 is 14.4 Å². The predicted octanol–water partition coefficient (Wildman–Crippen LogP) is 2.32. The summed E-state index contributed by atoms with van der Waals surface area (Å²) in [5, 5.41) is 11.3. The van der Waals surface area contributed by atoms with Gasteiger partial charge in [0, 0.05) is 26.1 Å². The standard InChI is InChI=1S/C18H25N5O2.C2HF3O2/c1-13-3-4-17(25-13)10-21-6-5-18-15(8-21)7-16(23(18)14(2)24)9-22-12-19-11-20-22;3-2(4,5)1(6)7/h3-4,11-12,15-16,18H,5-10H2,1-2H3;(H,6,7)/t15-,16+,18+;/m1./s1. The van der Waals surface area contributed by atoms with Crippen LogP contribution in [0.4, 0.5) is 13.2 Å². The summed E-state index contributed by atoms with van der Waals surface area (Å²) in [5.74, 6) is -0.0830. The Morgan fingerprint density at radius 1 is 1.31 bits per heavy atom. The van der Waals surface area contributed by atoms with Crippen LogP contribution < -0.4 is 0 Å². The van der Waals surface area contributed by atoms with Crippen molar-refractivity contribution in [3.63, 3.8) is 0 Å². The Labute approximate surface area is 182 Å². The van der Waals surface area contributed by atoms with E-state index in [2.05, 4.69) is 25.9 Å². The summed E-state index contributed by atoms with van der Waals surface area (Å²) in [6, 6.07) is 4.63. The van der Waals surface area contributed by atoms with Crippen molar-refractivity contribution in [1.29, 1.82) is 0 Å². The second-order valence-corrected chi connectivity index (χ2v) is 8.10. The van der Waals surface area contributed by atoms with E-state index in [0.717, 1.165) is 50.5 Å². The first-order valence-corrected chi connectivity index (χ1v) is 10.2. The largest absolute Gasteiger partial charge is 0.490 e. The molecule has 4 rings (SSSR count). The van der Waals surface area contributed by atoms with Gasteiger partial charge in [-0.15, -0.1) is 0 Å². The molecule has 12 heteroatoms. The predicted molar refractivity (Wildman–Crippen MR) is 105 cm³/mol. The number of fused-ring (bicyclic) bond motifs is 1. The molecule has 3 atom stereocenters. The lowest BCUT2D eigenvalue weighted by molar-refractivity contribution is -0.192. The van der Waals surface area contributed by atoms with Gasteiger partial charge in [0.2, 0.25) is 5.91 Å². The number of hydrogen-bond donors (Lipinski definition) is 1. The number of halogens is 3. The Morgan fingerprint density at radius 3 is 2.56 bits per heavy atom. The zero-order valence-electron chi connectivity index (χ0n) is 17.8. The zero-order valence-corrected chi connectivity index (χ0v) is 17.8. The molecule has 4 heterocycles. The van der Waals surface area contributed by atoms with E-state index in [1.165, 1.54) is 0 Å². The van der Waals surface area contributed by atoms with Crippen LogP contribution in [-0.2, 0) is 22.7 Å². The molecule has 2 aliphatic heterocycles. The summed E-state index contributed by atoms with van der Waals surface area (Å²) in [6.45, 7) is 7.26. The number of carboxylic acids is 1. The third kappa shape index (κ3) is 5.87. The highest BCUT2D eigenvalue weighted by atomic mass is 19.4. The number of carbonyl (C=O) groups excluding carboxylic acids is 1. The fraction of sp³-hybridized carbons (Fsp3) is 0.600. The summed E-state index contributed by atoms with van der Waals surface area (Å²) in [5.41, 5.74) is 0. The number of piperidine rings is 1. The van der Waals surface area contributed by atoms with E-state index in [1.54, 1.807) is 19.6 Å². The average molecular weight is 457 g/mol. The van der Waals surface area contributed by atoms with Crippen LogP contribution in [0, 0.1) is 12.8 Å². The van der Waals surface area contributed by atoms with Crippen molar-refractivity contribution in [2.75, 3.05) is 13.1 Å². The number of amides is 1. The lowest BCUT2D eigenvalue weighted by atomic mass is 9.92. The highest BCUT2D eigenvalue weighted by Gasteiger charge is 2.45. The molecule has 9 nitrogen and oxygen atoms in total. The Morgan fingerprint density at radius 2 is 2.03 bits per heavy atom. The monoisotopic (exact) mass is 457 g/mol. The number of nitrogens with zero attached hydrogens (tertiary/aromatic N) is 5. The van der Waals surface area contributed by atoms with Crippen LogP contribution in [0.2, 0.25) is 0 Å². The average Bonchev–Trinajstić information content (AvgIpc) is 3.42. The molecule has 2 fully saturated rings. The van der Waals surface area contributed by atoms with Gasteiger partial charge >= 0.3 is 12.1 Å². The van der Waals surface area contributed by atoms with Crippen molar-refractivity contribution in [2.45, 2.75) is 58.0 Å². The molecule has 0 radical (unpaired) electrons. The van der Waals surface area contributed by atoms with Crippen molar-refractivity contribution >= 4 is 11.9 Å². The molecule has 0 saturated carbocycles. The molecule has 2 saturated heterocycles. The fourth-order valence-electron chi connectivity index (χ4n) is 4.56. The van der Waals surface area contributed by atoms with Crippen LogP contribution in [0.5, 0.6) is 0 Å². The van der Waals surface area contributed by atoms with Crippen molar-refractivity contribution in [3.8, 4) is 0 Å². The highest BCUT2D eigenvalue weighted by Crippen LogP contribution is 2.36. The maximum Gasteiger partial charge on any atom is 0.490 e. The molecular weight excluding hydrogens is 431 g/mol. The molecular formula is C20H26F3N5O4. The zero-order chi connectivity index (χ0) is 23.5. The number of aliphatic carboxylic acids is 1. The maximum absolute atomic E-state index is 12.3. The van der Waals surface area contributed by atoms with Gasteiger partial charge in [-0.3, -0.25) is 14.4 Å². The summed E-state index contributed by atoms with van der Waals surface area (Å²) >= 11 is 0. The Hall–Kier alpha value is -2.89. The SMILES string of the molecule is CC(=O)N1[C@H](Cn2cncn2)C[C@@H]2CN(Cc3ccc(C)o3)CC[C@@H]21.O=C(O)C(F)(F)F. The van der Waals surface area contributed by atoms with Crippen LogP contribution in [0.1, 0.15) is 31.3 Å². The van der Waals surface area contributed by atoms with E-state index >= 15 is 0 Å². The van der Waals surface area contributed by atoms with E-state index in [9.17, 15) is 18.0 Å². The van der Waals surface area contributed by atoms with Gasteiger partial charge in [0.1, 0.15) is 24.2 Å². The van der Waals surface area contributed by atoms with Crippen molar-refractivity contribution in [3.05, 3.63) is 36.3 Å². The molecule has 0 spiro atoms. The van der Waals surface area contributed by atoms with Crippen LogP contribution in [0.3, 0.4) is 0 Å². The summed E-state index contributed by atoms with van der Waals surface area (Å²) in [7, 11) is 0. The van der Waals surface area contributed by atoms with E-state index in [0.29, 0.717) is 12.0 Å². The minimum Gasteiger partial charge on any atom is -0.475 e. The molecule has 176 valence electrons. The van der Waals surface area contributed by atoms with Crippen molar-refractivity contribution < 1.29 is 32.3 Å². The van der Waals surface area contributed by atoms with Gasteiger partial charge in [-0.2, -0.15) is 18.3 Å². The molecule has 0 aliphatic carbocycles. The third-order valence-electron chi connectivity index (χ3n) is 5.75. The number of carbonyl (C=O) groups is 2. The molecule has 1 N–H and O–H groups in total. The highest BCUT2D eigenvalue weighted by molar-refractivity contribution is 5.74. The molecule has 0 unspecified atom stereocenters. The Bertz CT molecular complexity index is 915. The molecule has 0 bridgehead atoms. The van der Waals surface area contributed by atoms with Crippen LogP contribution >= 0.6 is 0 Å². The first kappa shape index (κ1) is 23.8. The van der Waals surface area contributed by atoms with Gasteiger partial charge in [-0.1, -0.05) is 0 Å². The van der Waals surface area contributed by atoms with Crippen LogP contribution in [0.15, 0.2) is 29.2 Å². The summed E-state index contributed by atoms with van der Waals surface area (Å²) in [6.07, 6.45) is 0.245. The number of hydrogen-bond acceptors (Lipinski definition) is 6. The number of rotatable bonds is 4. The first-order valence-electron chi connectivity index (χ1n) is 10.2. The van der Waals surface area contributed by atoms with Crippen molar-refractivity contribution in [2.24, 2.45) is 5.92 Å². The summed E-state index contributed by atoms with van der Waals surface area (Å²) < 4.78 is 39.3. The topological polar surface area (TPSA) is 105 Å². The Kier molecular flexibility index (Phi) is 7.22. The number of carboxylic acid groups (broad SMARTS) is 1. The fourth-order valence-corrected chi connectivity index (χ4v) is 4.56. The third-order valence-corrected chi connectivity index (χ3v) is 5.75. The molecule has 2 aliphatic rings. The van der Waals surface area contributed by atoms with Crippen LogP contribution in [-0.4, -0.2) is 72.9 Å². The van der Waals surface area contributed by atoms with E-state index in [1.807, 2.05) is 17.7 Å². The second kappa shape index (κ2) is 9.72. The van der Waals surface area contributed by atoms with E-state index in [-0.39, 0.29) is 11.9 Å². The number of furan rings is 1. The number of aryl methyl sites for hydroxylation is 1. The van der Waals surface area contributed by atoms with Gasteiger partial charge in [0.25, 0.3) is 0 Å². The van der Waals surface area contributed by atoms with Gasteiger partial charge in [-0.05, 0) is 37.8 Å². The van der Waals surface area contributed by atoms with E-state index < -0.39 is 12.1 Å². The van der Waals surface area contributed by atoms with E-state index in [4.69, 9.17) is 14.3 Å². The van der Waals surface area contributed by atoms with Crippen LogP contribution in [0.25, 0.3) is 0 Å². The van der Waals surface area contributed by atoms with Gasteiger partial charge in [0.05, 0.1) is 19.1 Å². The molecule has 1 amide bonds. The van der Waals surface area contributed by atoms with Crippen molar-refractivity contribution in [1.82, 2.24) is 24.6 Å². The molecule has 0 aromatic carbocycles. The lowest BCUT2D eigenvalue weighted by Gasteiger charge is -2.38. The normalized spacial score (nSPS) is 23.4. The second-order valence-electron chi connectivity index (χ2n) is 8.10. The molecule has 2 aromatic rings. The minimum absolute atomic E-state index is 0.174. The number of aromatic nitrogens is 3. The summed E-state index contributed by atoms with van der Waals surface area (Å²) in [4.78, 5) is 29.7. The quantitative estimate of drug-likeness (QED) is 0.751. The van der Waals surface area contributed by atoms with Gasteiger partial charge in [-0.25, -0.2) is 9.78 Å². The minimum atomic E-state index is -5.08. The smallest absolute Gasteiger partial charge is 0.475 e. The Balaban J connectivity index is 0.000000360. The molecule has 2 aromatic heterocycles. The molecule has 32 heavy (non-hydrogen) atoms. The van der Waals surface area contributed by atoms with Gasteiger partial charge in [0.15, 0.2) is 0 Å².